The van der Waals surface area contributed by atoms with Crippen molar-refractivity contribution in [3.05, 3.63) is 0 Å². The molecule has 1 aliphatic rings. The van der Waals surface area contributed by atoms with Gasteiger partial charge < -0.3 is 5.23 Å². The van der Waals surface area contributed by atoms with E-state index in [1.54, 1.807) is 0 Å². The van der Waals surface area contributed by atoms with E-state index in [9.17, 15) is 0 Å². The average Bonchev–Trinajstić information content (AvgIpc) is 1.90. The number of hydrogen-bond acceptors (Lipinski definition) is 1. The summed E-state index contributed by atoms with van der Waals surface area (Å²) in [6.45, 7) is 0.837. The van der Waals surface area contributed by atoms with Crippen LogP contribution in [0.25, 0.3) is 0 Å². The predicted octanol–water partition coefficient (Wildman–Crippen LogP) is 1.38. The van der Waals surface area contributed by atoms with Crippen LogP contribution in [-0.2, 0) is 0 Å². The molecule has 1 rings (SSSR count). The Kier molecular flexibility index (Phi) is 2.41. The highest BCUT2D eigenvalue weighted by Gasteiger charge is 2.14. The van der Waals surface area contributed by atoms with Crippen LogP contribution >= 0.6 is 0 Å². The smallest absolute Gasteiger partial charge is 0.220 e. The maximum Gasteiger partial charge on any atom is 0.220 e. The summed E-state index contributed by atoms with van der Waals surface area (Å²) in [4.78, 5) is 0. The van der Waals surface area contributed by atoms with E-state index in [4.69, 9.17) is 0 Å². The van der Waals surface area contributed by atoms with Gasteiger partial charge in [0, 0.05) is 0 Å². The molecule has 0 amide bonds. The Bertz CT molecular complexity index is 59.5. The van der Waals surface area contributed by atoms with Crippen molar-refractivity contribution in [2.45, 2.75) is 31.9 Å². The van der Waals surface area contributed by atoms with Crippen LogP contribution in [0.1, 0.15) is 19.3 Å². The largest absolute Gasteiger partial charge is 0.358 e. The van der Waals surface area contributed by atoms with Crippen molar-refractivity contribution in [3.63, 3.8) is 0 Å². The summed E-state index contributed by atoms with van der Waals surface area (Å²) in [5, 5.41) is 3.30. The van der Waals surface area contributed by atoms with Gasteiger partial charge in [0.05, 0.1) is 0 Å². The Hall–Kier alpha value is 0.0249. The van der Waals surface area contributed by atoms with Gasteiger partial charge in [0.2, 0.25) is 6.85 Å². The van der Waals surface area contributed by atoms with E-state index in [0.717, 1.165) is 6.85 Å². The van der Waals surface area contributed by atoms with E-state index < -0.39 is 0 Å². The molecule has 46 valence electrons. The van der Waals surface area contributed by atoms with Crippen LogP contribution in [0, 0.1) is 0 Å². The Morgan fingerprint density at radius 2 is 1.75 bits per heavy atom. The van der Waals surface area contributed by atoms with Crippen molar-refractivity contribution in [1.29, 1.82) is 0 Å². The molecular weight excluding hydrogens is 96.9 g/mol. The van der Waals surface area contributed by atoms with Gasteiger partial charge in [0.15, 0.2) is 0 Å². The molecule has 1 heterocycles. The van der Waals surface area contributed by atoms with Gasteiger partial charge in [0.1, 0.15) is 0 Å². The van der Waals surface area contributed by atoms with Crippen molar-refractivity contribution in [1.82, 2.24) is 5.23 Å². The normalized spacial score (nSPS) is 21.4. The quantitative estimate of drug-likeness (QED) is 0.504. The fraction of sp³-hybridized carbons (Fsp3) is 1.00. The molecule has 0 aliphatic carbocycles. The molecule has 1 saturated heterocycles. The minimum atomic E-state index is 0.837. The van der Waals surface area contributed by atoms with Gasteiger partial charge in [0.25, 0.3) is 0 Å². The van der Waals surface area contributed by atoms with E-state index >= 15 is 0 Å². The maximum atomic E-state index is 3.30. The van der Waals surface area contributed by atoms with Crippen LogP contribution in [0.5, 0.6) is 0 Å². The summed E-state index contributed by atoms with van der Waals surface area (Å²) in [5.41, 5.74) is 0. The van der Waals surface area contributed by atoms with Crippen LogP contribution in [0.4, 0.5) is 0 Å². The van der Waals surface area contributed by atoms with Crippen LogP contribution in [-0.4, -0.2) is 13.9 Å². The molecule has 0 atom stereocenters. The van der Waals surface area contributed by atoms with E-state index in [1.807, 2.05) is 0 Å². The Morgan fingerprint density at radius 3 is 2.12 bits per heavy atom. The third-order valence-electron chi connectivity index (χ3n) is 2.01. The third kappa shape index (κ3) is 1.51. The second-order valence-electron chi connectivity index (χ2n) is 2.62. The van der Waals surface area contributed by atoms with Gasteiger partial charge in [-0.3, -0.25) is 0 Å². The SMILES string of the molecule is CNB1CCCCC1. The molecule has 8 heavy (non-hydrogen) atoms. The van der Waals surface area contributed by atoms with E-state index in [1.165, 1.54) is 31.9 Å². The molecule has 1 aliphatic heterocycles. The van der Waals surface area contributed by atoms with E-state index in [0.29, 0.717) is 0 Å². The summed E-state index contributed by atoms with van der Waals surface area (Å²) in [6, 6.07) is 0. The lowest BCUT2D eigenvalue weighted by Crippen LogP contribution is -2.31. The summed E-state index contributed by atoms with van der Waals surface area (Å²) in [5.74, 6) is 0. The summed E-state index contributed by atoms with van der Waals surface area (Å²) >= 11 is 0. The van der Waals surface area contributed by atoms with Crippen LogP contribution in [0.3, 0.4) is 0 Å². The number of rotatable bonds is 1. The van der Waals surface area contributed by atoms with Gasteiger partial charge in [-0.05, 0) is 7.05 Å². The van der Waals surface area contributed by atoms with Crippen LogP contribution in [0.2, 0.25) is 12.6 Å². The molecule has 1 nitrogen and oxygen atoms in total. The molecule has 1 N–H and O–H groups in total. The molecule has 1 fully saturated rings. The number of hydrogen-bond donors (Lipinski definition) is 1. The minimum Gasteiger partial charge on any atom is -0.358 e. The first-order valence-electron chi connectivity index (χ1n) is 3.61. The maximum absolute atomic E-state index is 3.30. The topological polar surface area (TPSA) is 12.0 Å². The first-order valence-corrected chi connectivity index (χ1v) is 3.61. The lowest BCUT2D eigenvalue weighted by Gasteiger charge is -2.16. The molecular formula is C6H14BN. The van der Waals surface area contributed by atoms with Crippen molar-refractivity contribution in [3.8, 4) is 0 Å². The molecule has 0 saturated carbocycles. The Balaban J connectivity index is 2.13. The lowest BCUT2D eigenvalue weighted by atomic mass is 9.52. The minimum absolute atomic E-state index is 0.837. The van der Waals surface area contributed by atoms with Gasteiger partial charge in [-0.2, -0.15) is 0 Å². The molecule has 2 heteroatoms. The lowest BCUT2D eigenvalue weighted by molar-refractivity contribution is 0.713. The highest BCUT2D eigenvalue weighted by molar-refractivity contribution is 6.56. The molecule has 0 radical (unpaired) electrons. The second-order valence-corrected chi connectivity index (χ2v) is 2.62. The first-order chi connectivity index (χ1) is 3.93. The van der Waals surface area contributed by atoms with Crippen molar-refractivity contribution >= 4 is 6.85 Å². The van der Waals surface area contributed by atoms with E-state index in [-0.39, 0.29) is 0 Å². The van der Waals surface area contributed by atoms with Gasteiger partial charge in [-0.1, -0.05) is 31.9 Å². The number of nitrogens with one attached hydrogen (secondary N) is 1. The molecule has 0 unspecified atom stereocenters. The third-order valence-corrected chi connectivity index (χ3v) is 2.01. The zero-order chi connectivity index (χ0) is 5.82. The fourth-order valence-electron chi connectivity index (χ4n) is 1.39. The van der Waals surface area contributed by atoms with Crippen molar-refractivity contribution < 1.29 is 0 Å². The molecule has 0 aromatic carbocycles. The highest BCUT2D eigenvalue weighted by atomic mass is 14.7. The van der Waals surface area contributed by atoms with Crippen molar-refractivity contribution in [2.75, 3.05) is 7.05 Å². The summed E-state index contributed by atoms with van der Waals surface area (Å²) in [7, 11) is 2.07. The Labute approximate surface area is 52.0 Å². The summed E-state index contributed by atoms with van der Waals surface area (Å²) in [6.07, 6.45) is 7.13. The monoisotopic (exact) mass is 111 g/mol. The molecule has 0 bridgehead atoms. The highest BCUT2D eigenvalue weighted by Crippen LogP contribution is 2.15. The van der Waals surface area contributed by atoms with Gasteiger partial charge >= 0.3 is 0 Å². The Morgan fingerprint density at radius 1 is 1.12 bits per heavy atom. The fourth-order valence-corrected chi connectivity index (χ4v) is 1.39. The second kappa shape index (κ2) is 3.13. The molecule has 0 spiro atoms. The average molecular weight is 111 g/mol. The predicted molar refractivity (Wildman–Crippen MR) is 38.3 cm³/mol. The van der Waals surface area contributed by atoms with Gasteiger partial charge in [-0.25, -0.2) is 0 Å². The molecule has 0 aromatic rings. The van der Waals surface area contributed by atoms with Crippen LogP contribution in [0.15, 0.2) is 0 Å². The summed E-state index contributed by atoms with van der Waals surface area (Å²) < 4.78 is 0. The zero-order valence-electron chi connectivity index (χ0n) is 5.61. The van der Waals surface area contributed by atoms with E-state index in [2.05, 4.69) is 12.3 Å². The van der Waals surface area contributed by atoms with Gasteiger partial charge in [-0.15, -0.1) is 0 Å². The van der Waals surface area contributed by atoms with Crippen LogP contribution < -0.4 is 5.23 Å². The van der Waals surface area contributed by atoms with Crippen molar-refractivity contribution in [2.24, 2.45) is 0 Å². The molecule has 0 aromatic heterocycles. The first kappa shape index (κ1) is 6.15. The zero-order valence-corrected chi connectivity index (χ0v) is 5.61. The standard InChI is InChI=1S/C6H14BN/c1-8-7-5-3-2-4-6-7/h8H,2-6H2,1H3.